The molecule has 0 saturated heterocycles. The highest BCUT2D eigenvalue weighted by Crippen LogP contribution is 2.23. The van der Waals surface area contributed by atoms with Gasteiger partial charge in [0, 0.05) is 18.5 Å². The SMILES string of the molecule is CCC(=O)N(Cc1ccc(-c2ccc(/C(N)=N\O)cc2)cc1)[C@H](C(=O)OC)C(C)C. The Balaban J connectivity index is 2.25. The molecule has 7 nitrogen and oxygen atoms in total. The van der Waals surface area contributed by atoms with E-state index in [-0.39, 0.29) is 17.7 Å². The van der Waals surface area contributed by atoms with Crippen LogP contribution in [0.5, 0.6) is 0 Å². The van der Waals surface area contributed by atoms with Crippen molar-refractivity contribution >= 4 is 17.7 Å². The van der Waals surface area contributed by atoms with Gasteiger partial charge in [0.15, 0.2) is 5.84 Å². The van der Waals surface area contributed by atoms with Crippen molar-refractivity contribution in [2.45, 2.75) is 39.8 Å². The number of oxime groups is 1. The van der Waals surface area contributed by atoms with Crippen LogP contribution in [-0.2, 0) is 20.9 Å². The van der Waals surface area contributed by atoms with E-state index in [0.717, 1.165) is 16.7 Å². The van der Waals surface area contributed by atoms with E-state index in [4.69, 9.17) is 15.7 Å². The van der Waals surface area contributed by atoms with Crippen LogP contribution < -0.4 is 5.73 Å². The average molecular weight is 412 g/mol. The van der Waals surface area contributed by atoms with Gasteiger partial charge in [0.25, 0.3) is 0 Å². The van der Waals surface area contributed by atoms with Crippen LogP contribution in [0.25, 0.3) is 11.1 Å². The number of esters is 1. The summed E-state index contributed by atoms with van der Waals surface area (Å²) in [4.78, 5) is 26.5. The van der Waals surface area contributed by atoms with Gasteiger partial charge in [0.1, 0.15) is 6.04 Å². The Bertz CT molecular complexity index is 890. The number of carbonyl (C=O) groups excluding carboxylic acids is 2. The van der Waals surface area contributed by atoms with Gasteiger partial charge in [0.2, 0.25) is 5.91 Å². The Morgan fingerprint density at radius 1 is 1.07 bits per heavy atom. The van der Waals surface area contributed by atoms with E-state index in [2.05, 4.69) is 5.16 Å². The second kappa shape index (κ2) is 10.4. The van der Waals surface area contributed by atoms with Gasteiger partial charge in [-0.3, -0.25) is 4.79 Å². The molecule has 2 rings (SSSR count). The number of carbonyl (C=O) groups is 2. The van der Waals surface area contributed by atoms with Gasteiger partial charge in [-0.2, -0.15) is 0 Å². The average Bonchev–Trinajstić information content (AvgIpc) is 2.77. The molecule has 0 aliphatic heterocycles. The van der Waals surface area contributed by atoms with Crippen LogP contribution in [0.3, 0.4) is 0 Å². The van der Waals surface area contributed by atoms with Crippen molar-refractivity contribution < 1.29 is 19.5 Å². The third-order valence-corrected chi connectivity index (χ3v) is 4.96. The molecule has 160 valence electrons. The Labute approximate surface area is 177 Å². The summed E-state index contributed by atoms with van der Waals surface area (Å²) < 4.78 is 4.93. The number of nitrogens with two attached hydrogens (primary N) is 1. The molecule has 2 aromatic rings. The van der Waals surface area contributed by atoms with Gasteiger partial charge in [-0.15, -0.1) is 0 Å². The van der Waals surface area contributed by atoms with E-state index < -0.39 is 12.0 Å². The van der Waals surface area contributed by atoms with E-state index in [0.29, 0.717) is 18.5 Å². The number of ether oxygens (including phenoxy) is 1. The van der Waals surface area contributed by atoms with Crippen molar-refractivity contribution in [2.24, 2.45) is 16.8 Å². The minimum absolute atomic E-state index is 0.0582. The van der Waals surface area contributed by atoms with Crippen molar-refractivity contribution in [2.75, 3.05) is 7.11 Å². The predicted octanol–water partition coefficient (Wildman–Crippen LogP) is 3.38. The van der Waals surface area contributed by atoms with Crippen molar-refractivity contribution in [3.05, 3.63) is 59.7 Å². The van der Waals surface area contributed by atoms with Crippen molar-refractivity contribution in [1.82, 2.24) is 4.90 Å². The maximum absolute atomic E-state index is 12.6. The lowest BCUT2D eigenvalue weighted by atomic mass is 9.99. The number of methoxy groups -OCH3 is 1. The summed E-state index contributed by atoms with van der Waals surface area (Å²) in [7, 11) is 1.34. The molecule has 0 aromatic heterocycles. The van der Waals surface area contributed by atoms with Gasteiger partial charge in [0.05, 0.1) is 7.11 Å². The summed E-state index contributed by atoms with van der Waals surface area (Å²) in [5.41, 5.74) is 9.12. The second-order valence-electron chi connectivity index (χ2n) is 7.35. The molecular weight excluding hydrogens is 382 g/mol. The lowest BCUT2D eigenvalue weighted by Crippen LogP contribution is -2.48. The zero-order valence-electron chi connectivity index (χ0n) is 17.8. The fraction of sp³-hybridized carbons (Fsp3) is 0.348. The van der Waals surface area contributed by atoms with Crippen LogP contribution in [0.15, 0.2) is 53.7 Å². The molecule has 1 atom stereocenters. The van der Waals surface area contributed by atoms with Gasteiger partial charge < -0.3 is 20.6 Å². The zero-order chi connectivity index (χ0) is 22.3. The first-order chi connectivity index (χ1) is 14.3. The van der Waals surface area contributed by atoms with Gasteiger partial charge in [-0.25, -0.2) is 4.79 Å². The van der Waals surface area contributed by atoms with E-state index >= 15 is 0 Å². The lowest BCUT2D eigenvalue weighted by molar-refractivity contribution is -0.155. The van der Waals surface area contributed by atoms with Crippen molar-refractivity contribution in [3.8, 4) is 11.1 Å². The summed E-state index contributed by atoms with van der Waals surface area (Å²) >= 11 is 0. The Morgan fingerprint density at radius 2 is 1.60 bits per heavy atom. The molecule has 30 heavy (non-hydrogen) atoms. The summed E-state index contributed by atoms with van der Waals surface area (Å²) in [6, 6.07) is 14.5. The zero-order valence-corrected chi connectivity index (χ0v) is 17.8. The van der Waals surface area contributed by atoms with Gasteiger partial charge in [-0.05, 0) is 22.6 Å². The fourth-order valence-corrected chi connectivity index (χ4v) is 3.32. The van der Waals surface area contributed by atoms with Crippen LogP contribution in [0.2, 0.25) is 0 Å². The number of rotatable bonds is 8. The maximum Gasteiger partial charge on any atom is 0.328 e. The Kier molecular flexibility index (Phi) is 7.98. The summed E-state index contributed by atoms with van der Waals surface area (Å²) in [5.74, 6) is -0.514. The van der Waals surface area contributed by atoms with Crippen LogP contribution in [0.1, 0.15) is 38.3 Å². The molecule has 3 N–H and O–H groups in total. The van der Waals surface area contributed by atoms with Crippen LogP contribution in [-0.4, -0.2) is 41.0 Å². The molecule has 0 aliphatic rings. The van der Waals surface area contributed by atoms with Crippen LogP contribution in [0.4, 0.5) is 0 Å². The molecule has 0 fully saturated rings. The van der Waals surface area contributed by atoms with Crippen molar-refractivity contribution in [3.63, 3.8) is 0 Å². The second-order valence-corrected chi connectivity index (χ2v) is 7.35. The Hall–Kier alpha value is -3.35. The summed E-state index contributed by atoms with van der Waals surface area (Å²) in [6.07, 6.45) is 0.310. The number of amides is 1. The Morgan fingerprint density at radius 3 is 2.03 bits per heavy atom. The molecular formula is C23H29N3O4. The number of hydrogen-bond acceptors (Lipinski definition) is 5. The summed E-state index contributed by atoms with van der Waals surface area (Å²) in [5, 5.41) is 11.8. The molecule has 1 amide bonds. The maximum atomic E-state index is 12.6. The minimum Gasteiger partial charge on any atom is -0.467 e. The lowest BCUT2D eigenvalue weighted by Gasteiger charge is -2.32. The van der Waals surface area contributed by atoms with Crippen LogP contribution >= 0.6 is 0 Å². The third kappa shape index (κ3) is 5.37. The first-order valence-corrected chi connectivity index (χ1v) is 9.86. The van der Waals surface area contributed by atoms with Crippen LogP contribution in [0, 0.1) is 5.92 Å². The predicted molar refractivity (Wildman–Crippen MR) is 116 cm³/mol. The first kappa shape index (κ1) is 22.9. The molecule has 0 bridgehead atoms. The molecule has 2 aromatic carbocycles. The van der Waals surface area contributed by atoms with Gasteiger partial charge in [-0.1, -0.05) is 74.5 Å². The first-order valence-electron chi connectivity index (χ1n) is 9.86. The molecule has 0 saturated carbocycles. The number of hydrogen-bond donors (Lipinski definition) is 2. The molecule has 0 spiro atoms. The molecule has 0 aliphatic carbocycles. The molecule has 0 unspecified atom stereocenters. The molecule has 7 heteroatoms. The van der Waals surface area contributed by atoms with E-state index in [1.807, 2.05) is 50.2 Å². The topological polar surface area (TPSA) is 105 Å². The normalized spacial score (nSPS) is 12.5. The largest absolute Gasteiger partial charge is 0.467 e. The molecule has 0 radical (unpaired) electrons. The highest BCUT2D eigenvalue weighted by atomic mass is 16.5. The van der Waals surface area contributed by atoms with E-state index in [1.54, 1.807) is 24.0 Å². The van der Waals surface area contributed by atoms with Crippen molar-refractivity contribution in [1.29, 1.82) is 0 Å². The third-order valence-electron chi connectivity index (χ3n) is 4.96. The molecule has 0 heterocycles. The summed E-state index contributed by atoms with van der Waals surface area (Å²) in [6.45, 7) is 5.91. The van der Waals surface area contributed by atoms with E-state index in [9.17, 15) is 9.59 Å². The smallest absolute Gasteiger partial charge is 0.328 e. The minimum atomic E-state index is -0.631. The highest BCUT2D eigenvalue weighted by Gasteiger charge is 2.32. The number of nitrogens with zero attached hydrogens (tertiary/aromatic N) is 2. The monoisotopic (exact) mass is 411 g/mol. The highest BCUT2D eigenvalue weighted by molar-refractivity contribution is 5.97. The number of amidine groups is 1. The van der Waals surface area contributed by atoms with Gasteiger partial charge >= 0.3 is 5.97 Å². The number of benzene rings is 2. The fourth-order valence-electron chi connectivity index (χ4n) is 3.32. The van der Waals surface area contributed by atoms with E-state index in [1.165, 1.54) is 7.11 Å². The standard InChI is InChI=1S/C23H29N3O4/c1-5-20(27)26(21(15(2)3)23(28)30-4)14-16-6-8-17(9-7-16)18-10-12-19(13-11-18)22(24)25-29/h6-13,15,21,29H,5,14H2,1-4H3,(H2,24,25)/t21-/m0/s1. The quantitative estimate of drug-likeness (QED) is 0.228.